The van der Waals surface area contributed by atoms with Crippen molar-refractivity contribution in [1.82, 2.24) is 14.8 Å². The second kappa shape index (κ2) is 6.47. The zero-order chi connectivity index (χ0) is 19.2. The molecule has 5 nitrogen and oxygen atoms in total. The molecule has 0 unspecified atom stereocenters. The van der Waals surface area contributed by atoms with E-state index in [2.05, 4.69) is 10.1 Å². The topological polar surface area (TPSA) is 64.8 Å². The van der Waals surface area contributed by atoms with Gasteiger partial charge in [0.25, 0.3) is 6.43 Å². The van der Waals surface area contributed by atoms with Gasteiger partial charge in [-0.2, -0.15) is 5.10 Å². The highest BCUT2D eigenvalue weighted by molar-refractivity contribution is 7.90. The second-order valence-electron chi connectivity index (χ2n) is 5.48. The summed E-state index contributed by atoms with van der Waals surface area (Å²) in [5.41, 5.74) is -0.150. The van der Waals surface area contributed by atoms with Gasteiger partial charge in [-0.05, 0) is 25.1 Å². The van der Waals surface area contributed by atoms with Gasteiger partial charge in [-0.25, -0.2) is 35.6 Å². The first-order valence-electron chi connectivity index (χ1n) is 7.08. The molecule has 1 aromatic carbocycles. The van der Waals surface area contributed by atoms with Crippen molar-refractivity contribution in [2.75, 3.05) is 6.26 Å². The lowest BCUT2D eigenvalue weighted by atomic mass is 10.1. The van der Waals surface area contributed by atoms with E-state index in [0.717, 1.165) is 34.2 Å². The number of hydrogen-bond donors (Lipinski definition) is 0. The minimum absolute atomic E-state index is 0.0347. The molecule has 2 aromatic heterocycles. The minimum atomic E-state index is -4.13. The monoisotopic (exact) mass is 405 g/mol. The third kappa shape index (κ3) is 3.36. The Labute approximate surface area is 149 Å². The molecule has 3 rings (SSSR count). The van der Waals surface area contributed by atoms with Crippen molar-refractivity contribution in [3.8, 4) is 16.4 Å². The Morgan fingerprint density at radius 2 is 1.77 bits per heavy atom. The molecule has 11 heteroatoms. The van der Waals surface area contributed by atoms with Gasteiger partial charge in [0.1, 0.15) is 22.2 Å². The van der Waals surface area contributed by atoms with Gasteiger partial charge in [0.2, 0.25) is 5.13 Å². The highest BCUT2D eigenvalue weighted by atomic mass is 32.2. The fourth-order valence-corrected chi connectivity index (χ4v) is 3.95. The maximum absolute atomic E-state index is 14.2. The fraction of sp³-hybridized carbons (Fsp3) is 0.200. The second-order valence-corrected chi connectivity index (χ2v) is 8.27. The van der Waals surface area contributed by atoms with Crippen LogP contribution in [0.1, 0.15) is 17.8 Å². The predicted molar refractivity (Wildman–Crippen MR) is 87.4 cm³/mol. The van der Waals surface area contributed by atoms with Crippen molar-refractivity contribution in [1.29, 1.82) is 0 Å². The summed E-state index contributed by atoms with van der Waals surface area (Å²) in [6.07, 6.45) is -2.23. The molecule has 0 amide bonds. The largest absolute Gasteiger partial charge is 0.282 e. The van der Waals surface area contributed by atoms with Gasteiger partial charge in [-0.1, -0.05) is 0 Å². The number of rotatable bonds is 4. The summed E-state index contributed by atoms with van der Waals surface area (Å²) in [4.78, 5) is 3.05. The lowest BCUT2D eigenvalue weighted by Crippen LogP contribution is -2.06. The Morgan fingerprint density at radius 1 is 1.15 bits per heavy atom. The normalized spacial score (nSPS) is 12.1. The Balaban J connectivity index is 2.24. The molecule has 26 heavy (non-hydrogen) atoms. The molecular formula is C15H11F4N3O2S2. The van der Waals surface area contributed by atoms with Crippen LogP contribution in [-0.2, 0) is 9.84 Å². The van der Waals surface area contributed by atoms with Crippen molar-refractivity contribution in [2.45, 2.75) is 18.2 Å². The minimum Gasteiger partial charge on any atom is -0.224 e. The fourth-order valence-electron chi connectivity index (χ4n) is 2.36. The maximum atomic E-state index is 14.2. The summed E-state index contributed by atoms with van der Waals surface area (Å²) in [7, 11) is -4.13. The SMILES string of the molecule is Cc1csc(-n2nc(C(F)F)cc2-c2cc(F)c(S(C)(=O)=O)c(F)c2)n1. The van der Waals surface area contributed by atoms with Gasteiger partial charge in [0.15, 0.2) is 9.84 Å². The number of alkyl halides is 2. The van der Waals surface area contributed by atoms with Crippen LogP contribution in [0.5, 0.6) is 0 Å². The Hall–Kier alpha value is -2.27. The summed E-state index contributed by atoms with van der Waals surface area (Å²) in [5, 5.41) is 5.65. The summed E-state index contributed by atoms with van der Waals surface area (Å²) >= 11 is 1.11. The molecule has 0 bridgehead atoms. The molecule has 0 aliphatic carbocycles. The number of thiazole rings is 1. The highest BCUT2D eigenvalue weighted by Crippen LogP contribution is 2.32. The van der Waals surface area contributed by atoms with E-state index in [1.165, 1.54) is 0 Å². The summed E-state index contributed by atoms with van der Waals surface area (Å²) in [6.45, 7) is 1.69. The van der Waals surface area contributed by atoms with Crippen molar-refractivity contribution in [3.63, 3.8) is 0 Å². The van der Waals surface area contributed by atoms with Crippen LogP contribution in [0.25, 0.3) is 16.4 Å². The van der Waals surface area contributed by atoms with E-state index in [0.29, 0.717) is 11.9 Å². The highest BCUT2D eigenvalue weighted by Gasteiger charge is 2.24. The molecule has 0 spiro atoms. The quantitative estimate of drug-likeness (QED) is 0.617. The molecule has 0 aliphatic rings. The Kier molecular flexibility index (Phi) is 4.61. The number of aryl methyl sites for hydroxylation is 1. The van der Waals surface area contributed by atoms with Gasteiger partial charge in [0.05, 0.1) is 11.4 Å². The van der Waals surface area contributed by atoms with Crippen LogP contribution in [0.2, 0.25) is 0 Å². The smallest absolute Gasteiger partial charge is 0.224 e. The van der Waals surface area contributed by atoms with Crippen molar-refractivity contribution in [2.24, 2.45) is 0 Å². The average Bonchev–Trinajstić information content (AvgIpc) is 3.10. The van der Waals surface area contributed by atoms with Crippen LogP contribution < -0.4 is 0 Å². The number of sulfone groups is 1. The summed E-state index contributed by atoms with van der Waals surface area (Å²) in [5.74, 6) is -2.63. The molecule has 0 radical (unpaired) electrons. The van der Waals surface area contributed by atoms with E-state index < -0.39 is 38.5 Å². The molecular weight excluding hydrogens is 394 g/mol. The van der Waals surface area contributed by atoms with Gasteiger partial charge >= 0.3 is 0 Å². The van der Waals surface area contributed by atoms with E-state index in [4.69, 9.17) is 0 Å². The summed E-state index contributed by atoms with van der Waals surface area (Å²) < 4.78 is 78.5. The van der Waals surface area contributed by atoms with Gasteiger partial charge in [-0.15, -0.1) is 11.3 Å². The van der Waals surface area contributed by atoms with Gasteiger partial charge in [0, 0.05) is 17.2 Å². The van der Waals surface area contributed by atoms with Crippen LogP contribution >= 0.6 is 11.3 Å². The lowest BCUT2D eigenvalue weighted by Gasteiger charge is -2.08. The van der Waals surface area contributed by atoms with Crippen molar-refractivity contribution in [3.05, 3.63) is 46.6 Å². The van der Waals surface area contributed by atoms with E-state index in [1.54, 1.807) is 12.3 Å². The molecule has 0 fully saturated rings. The van der Waals surface area contributed by atoms with Crippen LogP contribution in [0.3, 0.4) is 0 Å². The maximum Gasteiger partial charge on any atom is 0.282 e. The van der Waals surface area contributed by atoms with E-state index in [-0.39, 0.29) is 16.4 Å². The Bertz CT molecular complexity index is 1070. The average molecular weight is 405 g/mol. The lowest BCUT2D eigenvalue weighted by molar-refractivity contribution is 0.145. The number of benzene rings is 1. The van der Waals surface area contributed by atoms with Crippen molar-refractivity contribution >= 4 is 21.2 Å². The first-order valence-corrected chi connectivity index (χ1v) is 9.85. The molecule has 0 saturated heterocycles. The number of aromatic nitrogens is 3. The summed E-state index contributed by atoms with van der Waals surface area (Å²) in [6, 6.07) is 2.51. The van der Waals surface area contributed by atoms with Crippen LogP contribution in [0.15, 0.2) is 28.5 Å². The molecule has 0 atom stereocenters. The third-order valence-electron chi connectivity index (χ3n) is 3.40. The van der Waals surface area contributed by atoms with Gasteiger partial charge < -0.3 is 0 Å². The van der Waals surface area contributed by atoms with E-state index in [9.17, 15) is 26.0 Å². The van der Waals surface area contributed by atoms with Gasteiger partial charge in [-0.3, -0.25) is 0 Å². The number of halogens is 4. The molecule has 3 aromatic rings. The Morgan fingerprint density at radius 3 is 2.23 bits per heavy atom. The number of nitrogens with zero attached hydrogens (tertiary/aromatic N) is 3. The van der Waals surface area contributed by atoms with Crippen molar-refractivity contribution < 1.29 is 26.0 Å². The van der Waals surface area contributed by atoms with Crippen LogP contribution in [0, 0.1) is 18.6 Å². The molecule has 0 N–H and O–H groups in total. The zero-order valence-electron chi connectivity index (χ0n) is 13.4. The first-order chi connectivity index (χ1) is 12.1. The number of hydrogen-bond acceptors (Lipinski definition) is 5. The molecule has 0 saturated carbocycles. The third-order valence-corrected chi connectivity index (χ3v) is 5.47. The predicted octanol–water partition coefficient (Wildman–Crippen LogP) is 3.92. The van der Waals surface area contributed by atoms with Crippen LogP contribution in [0.4, 0.5) is 17.6 Å². The zero-order valence-corrected chi connectivity index (χ0v) is 15.0. The van der Waals surface area contributed by atoms with E-state index in [1.807, 2.05) is 0 Å². The molecule has 2 heterocycles. The van der Waals surface area contributed by atoms with E-state index >= 15 is 0 Å². The standard InChI is InChI=1S/C15H11F4N3O2S2/c1-7-6-25-15(20-7)22-12(5-11(21-22)14(18)19)8-3-9(16)13(10(17)4-8)26(2,23)24/h3-6,14H,1-2H3. The van der Waals surface area contributed by atoms with Crippen LogP contribution in [-0.4, -0.2) is 29.4 Å². The molecule has 138 valence electrons. The first kappa shape index (κ1) is 18.5. The molecule has 0 aliphatic heterocycles.